The molecule has 1 aromatic heterocycles. The summed E-state index contributed by atoms with van der Waals surface area (Å²) < 4.78 is 32.8. The number of rotatable bonds is 2. The van der Waals surface area contributed by atoms with E-state index in [4.69, 9.17) is 10.2 Å². The van der Waals surface area contributed by atoms with Gasteiger partial charge >= 0.3 is 0 Å². The zero-order valence-corrected chi connectivity index (χ0v) is 10.6. The molecule has 1 unspecified atom stereocenters. The number of nitrogens with two attached hydrogens (primary N) is 1. The van der Waals surface area contributed by atoms with Crippen LogP contribution in [0.4, 0.5) is 8.78 Å². The maximum absolute atomic E-state index is 13.8. The molecule has 2 nitrogen and oxygen atoms in total. The van der Waals surface area contributed by atoms with Gasteiger partial charge in [-0.05, 0) is 46.6 Å². The number of halogens is 3. The third kappa shape index (κ3) is 2.12. The second-order valence-corrected chi connectivity index (χ2v) is 4.56. The van der Waals surface area contributed by atoms with Gasteiger partial charge in [-0.25, -0.2) is 8.78 Å². The van der Waals surface area contributed by atoms with Gasteiger partial charge in [0.05, 0.1) is 16.8 Å². The smallest absolute Gasteiger partial charge is 0.145 e. The molecule has 0 amide bonds. The molecule has 2 aromatic rings. The summed E-state index contributed by atoms with van der Waals surface area (Å²) in [5.74, 6) is -1.02. The van der Waals surface area contributed by atoms with Crippen molar-refractivity contribution in [3.8, 4) is 0 Å². The van der Waals surface area contributed by atoms with E-state index in [9.17, 15) is 8.78 Å². The van der Waals surface area contributed by atoms with E-state index in [0.717, 1.165) is 5.56 Å². The topological polar surface area (TPSA) is 39.2 Å². The fourth-order valence-corrected chi connectivity index (χ4v) is 2.01. The number of hydrogen-bond donors (Lipinski definition) is 1. The van der Waals surface area contributed by atoms with Crippen molar-refractivity contribution in [1.82, 2.24) is 0 Å². The monoisotopic (exact) mass is 301 g/mol. The van der Waals surface area contributed by atoms with Crippen molar-refractivity contribution in [3.63, 3.8) is 0 Å². The van der Waals surface area contributed by atoms with Gasteiger partial charge in [-0.1, -0.05) is 0 Å². The summed E-state index contributed by atoms with van der Waals surface area (Å²) in [5, 5.41) is 0. The Hall–Kier alpha value is -1.20. The molecule has 17 heavy (non-hydrogen) atoms. The molecule has 0 spiro atoms. The van der Waals surface area contributed by atoms with Gasteiger partial charge in [-0.2, -0.15) is 0 Å². The van der Waals surface area contributed by atoms with E-state index in [-0.39, 0.29) is 10.0 Å². The lowest BCUT2D eigenvalue weighted by Gasteiger charge is -2.13. The van der Waals surface area contributed by atoms with Crippen molar-refractivity contribution in [2.24, 2.45) is 5.73 Å². The first-order valence-electron chi connectivity index (χ1n) is 4.95. The summed E-state index contributed by atoms with van der Waals surface area (Å²) in [6, 6.07) is 3.21. The Morgan fingerprint density at radius 3 is 2.59 bits per heavy atom. The average Bonchev–Trinajstić information content (AvgIpc) is 2.70. The number of furan rings is 1. The molecule has 1 aromatic carbocycles. The second kappa shape index (κ2) is 4.58. The molecule has 1 atom stereocenters. The first-order chi connectivity index (χ1) is 8.02. The Labute approximate surface area is 106 Å². The molecule has 0 aliphatic rings. The van der Waals surface area contributed by atoms with Crippen molar-refractivity contribution >= 4 is 15.9 Å². The first kappa shape index (κ1) is 12.3. The normalized spacial score (nSPS) is 12.8. The molecule has 0 aliphatic heterocycles. The van der Waals surface area contributed by atoms with Crippen LogP contribution in [0.2, 0.25) is 0 Å². The maximum atomic E-state index is 13.8. The van der Waals surface area contributed by atoms with E-state index in [2.05, 4.69) is 15.9 Å². The lowest BCUT2D eigenvalue weighted by atomic mass is 10.0. The lowest BCUT2D eigenvalue weighted by Crippen LogP contribution is -2.16. The predicted octanol–water partition coefficient (Wildman–Crippen LogP) is 3.68. The maximum Gasteiger partial charge on any atom is 0.145 e. The molecule has 2 rings (SSSR count). The van der Waals surface area contributed by atoms with Crippen LogP contribution >= 0.6 is 15.9 Å². The highest BCUT2D eigenvalue weighted by Gasteiger charge is 2.23. The SMILES string of the molecule is Cc1ccoc1C(N)c1c(F)ccc(Br)c1F. The van der Waals surface area contributed by atoms with Crippen LogP contribution in [-0.2, 0) is 0 Å². The van der Waals surface area contributed by atoms with Crippen LogP contribution in [0.1, 0.15) is 22.9 Å². The summed E-state index contributed by atoms with van der Waals surface area (Å²) in [7, 11) is 0. The molecule has 0 bridgehead atoms. The Morgan fingerprint density at radius 1 is 1.29 bits per heavy atom. The van der Waals surface area contributed by atoms with Gasteiger partial charge < -0.3 is 10.2 Å². The Morgan fingerprint density at radius 2 is 2.00 bits per heavy atom. The molecule has 0 aliphatic carbocycles. The standard InChI is InChI=1S/C12H10BrF2NO/c1-6-4-5-17-12(6)11(16)9-8(14)3-2-7(13)10(9)15/h2-5,11H,16H2,1H3. The highest BCUT2D eigenvalue weighted by atomic mass is 79.9. The summed E-state index contributed by atoms with van der Waals surface area (Å²) in [5.41, 5.74) is 6.40. The number of hydrogen-bond acceptors (Lipinski definition) is 2. The fraction of sp³-hybridized carbons (Fsp3) is 0.167. The first-order valence-corrected chi connectivity index (χ1v) is 5.74. The van der Waals surface area contributed by atoms with Gasteiger partial charge in [0, 0.05) is 5.56 Å². The van der Waals surface area contributed by atoms with E-state index in [0.29, 0.717) is 5.76 Å². The van der Waals surface area contributed by atoms with E-state index >= 15 is 0 Å². The van der Waals surface area contributed by atoms with Crippen molar-refractivity contribution in [2.75, 3.05) is 0 Å². The van der Waals surface area contributed by atoms with Gasteiger partial charge in [0.15, 0.2) is 0 Å². The lowest BCUT2D eigenvalue weighted by molar-refractivity contribution is 0.462. The molecule has 1 heterocycles. The summed E-state index contributed by atoms with van der Waals surface area (Å²) in [6.07, 6.45) is 1.44. The van der Waals surface area contributed by atoms with Gasteiger partial charge in [0.1, 0.15) is 17.4 Å². The zero-order chi connectivity index (χ0) is 12.6. The van der Waals surface area contributed by atoms with Gasteiger partial charge in [-0.3, -0.25) is 0 Å². The third-order valence-electron chi connectivity index (χ3n) is 2.57. The van der Waals surface area contributed by atoms with Crippen LogP contribution in [0.5, 0.6) is 0 Å². The minimum Gasteiger partial charge on any atom is -0.467 e. The van der Waals surface area contributed by atoms with Crippen molar-refractivity contribution in [1.29, 1.82) is 0 Å². The minimum atomic E-state index is -0.956. The summed E-state index contributed by atoms with van der Waals surface area (Å²) >= 11 is 3.00. The van der Waals surface area contributed by atoms with Crippen LogP contribution in [0, 0.1) is 18.6 Å². The van der Waals surface area contributed by atoms with Gasteiger partial charge in [0.25, 0.3) is 0 Å². The predicted molar refractivity (Wildman–Crippen MR) is 63.5 cm³/mol. The quantitative estimate of drug-likeness (QED) is 0.860. The van der Waals surface area contributed by atoms with E-state index < -0.39 is 17.7 Å². The third-order valence-corrected chi connectivity index (χ3v) is 3.19. The second-order valence-electron chi connectivity index (χ2n) is 3.70. The van der Waals surface area contributed by atoms with Gasteiger partial charge in [-0.15, -0.1) is 0 Å². The highest BCUT2D eigenvalue weighted by molar-refractivity contribution is 9.10. The average molecular weight is 302 g/mol. The summed E-state index contributed by atoms with van der Waals surface area (Å²) in [4.78, 5) is 0. The van der Waals surface area contributed by atoms with Crippen LogP contribution in [0.15, 0.2) is 33.4 Å². The Bertz CT molecular complexity index is 553. The molecule has 0 fully saturated rings. The van der Waals surface area contributed by atoms with E-state index in [1.165, 1.54) is 18.4 Å². The number of benzene rings is 1. The fourth-order valence-electron chi connectivity index (χ4n) is 1.66. The Balaban J connectivity index is 2.55. The van der Waals surface area contributed by atoms with Gasteiger partial charge in [0.2, 0.25) is 0 Å². The molecular weight excluding hydrogens is 292 g/mol. The molecule has 0 radical (unpaired) electrons. The Kier molecular flexibility index (Phi) is 3.31. The van der Waals surface area contributed by atoms with Crippen LogP contribution in [0.25, 0.3) is 0 Å². The zero-order valence-electron chi connectivity index (χ0n) is 9.01. The largest absolute Gasteiger partial charge is 0.467 e. The molecule has 0 saturated heterocycles. The molecule has 90 valence electrons. The minimum absolute atomic E-state index is 0.175. The molecule has 5 heteroatoms. The highest BCUT2D eigenvalue weighted by Crippen LogP contribution is 2.30. The van der Waals surface area contributed by atoms with E-state index in [1.54, 1.807) is 13.0 Å². The van der Waals surface area contributed by atoms with Crippen LogP contribution in [0.3, 0.4) is 0 Å². The molecule has 2 N–H and O–H groups in total. The van der Waals surface area contributed by atoms with Crippen LogP contribution < -0.4 is 5.73 Å². The van der Waals surface area contributed by atoms with Crippen molar-refractivity contribution in [3.05, 3.63) is 57.5 Å². The van der Waals surface area contributed by atoms with Crippen molar-refractivity contribution in [2.45, 2.75) is 13.0 Å². The molecular formula is C12H10BrF2NO. The van der Waals surface area contributed by atoms with Crippen molar-refractivity contribution < 1.29 is 13.2 Å². The summed E-state index contributed by atoms with van der Waals surface area (Å²) in [6.45, 7) is 1.77. The van der Waals surface area contributed by atoms with Crippen LogP contribution in [-0.4, -0.2) is 0 Å². The number of aryl methyl sites for hydroxylation is 1. The van der Waals surface area contributed by atoms with E-state index in [1.807, 2.05) is 0 Å². The molecule has 0 saturated carbocycles.